The second-order valence-corrected chi connectivity index (χ2v) is 11.7. The maximum Gasteiger partial charge on any atom is 0.305 e. The number of carboxylic acid groups (broad SMARTS) is 1. The largest absolute Gasteiger partial charge is 0.493 e. The quantitative estimate of drug-likeness (QED) is 0.203. The molecule has 2 N–H and O–H groups in total. The van der Waals surface area contributed by atoms with Crippen LogP contribution in [-0.4, -0.2) is 88.8 Å². The summed E-state index contributed by atoms with van der Waals surface area (Å²) in [5, 5.41) is 9.35. The predicted molar refractivity (Wildman–Crippen MR) is 139 cm³/mol. The van der Waals surface area contributed by atoms with Crippen molar-refractivity contribution in [3.05, 3.63) is 24.3 Å². The first-order chi connectivity index (χ1) is 16.5. The second kappa shape index (κ2) is 16.0. The molecule has 1 atom stereocenters. The summed E-state index contributed by atoms with van der Waals surface area (Å²) in [6.07, 6.45) is 6.53. The van der Waals surface area contributed by atoms with Gasteiger partial charge in [0.2, 0.25) is 0 Å². The molecule has 0 radical (unpaired) electrons. The Balaban J connectivity index is 2.54. The minimum atomic E-state index is -3.77. The minimum Gasteiger partial charge on any atom is -0.493 e. The molecule has 0 heterocycles. The second-order valence-electron chi connectivity index (χ2n) is 9.84. The van der Waals surface area contributed by atoms with Crippen LogP contribution in [0.5, 0.6) is 11.5 Å². The Hall–Kier alpha value is -1.88. The molecule has 0 aliphatic heterocycles. The number of rotatable bonds is 20. The molecule has 1 aromatic carbocycles. The Morgan fingerprint density at radius 3 is 2.09 bits per heavy atom. The van der Waals surface area contributed by atoms with E-state index in [2.05, 4.69) is 11.6 Å². The van der Waals surface area contributed by atoms with E-state index in [0.717, 1.165) is 30.8 Å². The number of nitrogens with zero attached hydrogens (tertiary/aromatic N) is 2. The van der Waals surface area contributed by atoms with Crippen LogP contribution in [0.3, 0.4) is 0 Å². The average Bonchev–Trinajstić information content (AvgIpc) is 2.77. The van der Waals surface area contributed by atoms with Crippen molar-refractivity contribution in [3.63, 3.8) is 0 Å². The lowest BCUT2D eigenvalue weighted by Crippen LogP contribution is -2.54. The highest BCUT2D eigenvalue weighted by atomic mass is 32.2. The molecule has 0 aliphatic carbocycles. The molecule has 35 heavy (non-hydrogen) atoms. The van der Waals surface area contributed by atoms with Crippen LogP contribution in [0.1, 0.15) is 58.3 Å². The lowest BCUT2D eigenvalue weighted by atomic mass is 10.1. The Kier molecular flexibility index (Phi) is 14.2. The highest BCUT2D eigenvalue weighted by Crippen LogP contribution is 2.20. The molecule has 202 valence electrons. The maximum atomic E-state index is 12.7. The number of aliphatic carboxylic acids is 1. The number of ether oxygens (including phenoxy) is 2. The van der Waals surface area contributed by atoms with Crippen molar-refractivity contribution in [3.8, 4) is 11.5 Å². The first-order valence-electron chi connectivity index (χ1n) is 12.6. The Morgan fingerprint density at radius 2 is 1.60 bits per heavy atom. The number of quaternary nitrogens is 1. The summed E-state index contributed by atoms with van der Waals surface area (Å²) in [5.41, 5.74) is 0. The van der Waals surface area contributed by atoms with Gasteiger partial charge in [0.1, 0.15) is 11.5 Å². The van der Waals surface area contributed by atoms with Gasteiger partial charge >= 0.3 is 5.97 Å². The fourth-order valence-corrected chi connectivity index (χ4v) is 4.95. The van der Waals surface area contributed by atoms with Gasteiger partial charge in [0.25, 0.3) is 10.2 Å². The van der Waals surface area contributed by atoms with Crippen molar-refractivity contribution in [2.75, 3.05) is 54.5 Å². The third-order valence-electron chi connectivity index (χ3n) is 5.51. The van der Waals surface area contributed by atoms with E-state index in [9.17, 15) is 18.3 Å². The molecule has 1 rings (SSSR count). The van der Waals surface area contributed by atoms with Crippen molar-refractivity contribution in [1.29, 1.82) is 0 Å². The fourth-order valence-electron chi connectivity index (χ4n) is 3.82. The lowest BCUT2D eigenvalue weighted by molar-refractivity contribution is -0.872. The summed E-state index contributed by atoms with van der Waals surface area (Å²) in [6.45, 7) is 4.04. The summed E-state index contributed by atoms with van der Waals surface area (Å²) >= 11 is 0. The van der Waals surface area contributed by atoms with E-state index in [4.69, 9.17) is 9.47 Å². The Morgan fingerprint density at radius 1 is 1.03 bits per heavy atom. The number of carbonyl (C=O) groups is 1. The van der Waals surface area contributed by atoms with Crippen LogP contribution in [0.2, 0.25) is 0 Å². The van der Waals surface area contributed by atoms with Gasteiger partial charge in [-0.25, -0.2) is 4.72 Å². The average molecular weight is 517 g/mol. The molecule has 0 aliphatic rings. The number of benzene rings is 1. The zero-order valence-electron chi connectivity index (χ0n) is 22.2. The van der Waals surface area contributed by atoms with Gasteiger partial charge in [-0.15, -0.1) is 0 Å². The van der Waals surface area contributed by atoms with Crippen LogP contribution in [0.4, 0.5) is 0 Å². The summed E-state index contributed by atoms with van der Waals surface area (Å²) < 4.78 is 41.1. The molecule has 0 spiro atoms. The smallest absolute Gasteiger partial charge is 0.305 e. The topological polar surface area (TPSA) is 105 Å². The van der Waals surface area contributed by atoms with Gasteiger partial charge in [0, 0.05) is 19.7 Å². The van der Waals surface area contributed by atoms with Crippen molar-refractivity contribution < 1.29 is 32.3 Å². The fraction of sp³-hybridized carbons (Fsp3) is 0.720. The van der Waals surface area contributed by atoms with E-state index >= 15 is 0 Å². The molecule has 0 unspecified atom stereocenters. The minimum absolute atomic E-state index is 0.240. The molecule has 0 saturated heterocycles. The summed E-state index contributed by atoms with van der Waals surface area (Å²) in [7, 11) is 3.34. The van der Waals surface area contributed by atoms with Gasteiger partial charge in [-0.2, -0.15) is 12.7 Å². The van der Waals surface area contributed by atoms with Crippen LogP contribution >= 0.6 is 0 Å². The molecule has 9 nitrogen and oxygen atoms in total. The van der Waals surface area contributed by atoms with Crippen molar-refractivity contribution >= 4 is 16.2 Å². The van der Waals surface area contributed by atoms with Crippen LogP contribution < -0.4 is 14.2 Å². The standard InChI is InChI=1S/C25H45N3O6S/c1-6-7-8-11-17-33-23-14-13-15-24(20-23)34-18-12-9-10-16-27(35(31,32)26-2)22(19-25(29)30)21-28(3,4)5/h13-15,20,22,26H,6-12,16-19,21H2,1-5H3/p+1/t22-/m0/s1. The van der Waals surface area contributed by atoms with E-state index < -0.39 is 22.2 Å². The lowest BCUT2D eigenvalue weighted by Gasteiger charge is -2.34. The van der Waals surface area contributed by atoms with Gasteiger partial charge in [-0.3, -0.25) is 4.79 Å². The number of carboxylic acids is 1. The van der Waals surface area contributed by atoms with Gasteiger partial charge in [-0.1, -0.05) is 32.3 Å². The van der Waals surface area contributed by atoms with Crippen LogP contribution in [0, 0.1) is 0 Å². The van der Waals surface area contributed by atoms with Gasteiger partial charge < -0.3 is 19.1 Å². The van der Waals surface area contributed by atoms with E-state index in [1.807, 2.05) is 45.4 Å². The molecule has 0 saturated carbocycles. The normalized spacial score (nSPS) is 13.1. The molecule has 0 bridgehead atoms. The molecule has 1 aromatic rings. The number of likely N-dealkylation sites (N-methyl/N-ethyl adjacent to an activating group) is 1. The number of nitrogens with one attached hydrogen (secondary N) is 1. The first-order valence-corrected chi connectivity index (χ1v) is 14.0. The van der Waals surface area contributed by atoms with Crippen LogP contribution in [0.25, 0.3) is 0 Å². The first kappa shape index (κ1) is 31.2. The molecule has 10 heteroatoms. The van der Waals surface area contributed by atoms with Gasteiger partial charge in [0.05, 0.1) is 53.4 Å². The third kappa shape index (κ3) is 13.7. The monoisotopic (exact) mass is 516 g/mol. The zero-order valence-corrected chi connectivity index (χ0v) is 23.0. The maximum absolute atomic E-state index is 12.7. The number of unbranched alkanes of at least 4 members (excludes halogenated alkanes) is 5. The van der Waals surface area contributed by atoms with E-state index in [-0.39, 0.29) is 13.0 Å². The highest BCUT2D eigenvalue weighted by molar-refractivity contribution is 7.87. The van der Waals surface area contributed by atoms with Crippen LogP contribution in [0.15, 0.2) is 24.3 Å². The molecular weight excluding hydrogens is 470 g/mol. The molecule has 0 amide bonds. The van der Waals surface area contributed by atoms with Gasteiger partial charge in [-0.05, 0) is 37.8 Å². The van der Waals surface area contributed by atoms with E-state index in [1.165, 1.54) is 30.6 Å². The summed E-state index contributed by atoms with van der Waals surface area (Å²) in [6, 6.07) is 6.99. The SMILES string of the molecule is CCCCCCOc1cccc(OCCCCCN([C@@H](CC(=O)O)C[N+](C)(C)C)S(=O)(=O)NC)c1. The number of hydrogen-bond acceptors (Lipinski definition) is 5. The Bertz CT molecular complexity index is 842. The number of hydrogen-bond donors (Lipinski definition) is 2. The third-order valence-corrected chi connectivity index (χ3v) is 7.12. The van der Waals surface area contributed by atoms with E-state index in [1.54, 1.807) is 0 Å². The highest BCUT2D eigenvalue weighted by Gasteiger charge is 2.34. The zero-order chi connectivity index (χ0) is 26.3. The molecule has 0 fully saturated rings. The Labute approximate surface area is 212 Å². The van der Waals surface area contributed by atoms with Crippen LogP contribution in [-0.2, 0) is 15.0 Å². The van der Waals surface area contributed by atoms with Crippen molar-refractivity contribution in [2.24, 2.45) is 0 Å². The summed E-state index contributed by atoms with van der Waals surface area (Å²) in [5.74, 6) is 0.536. The summed E-state index contributed by atoms with van der Waals surface area (Å²) in [4.78, 5) is 11.4. The van der Waals surface area contributed by atoms with Crippen molar-refractivity contribution in [2.45, 2.75) is 64.3 Å². The van der Waals surface area contributed by atoms with Crippen molar-refractivity contribution in [1.82, 2.24) is 9.03 Å². The molecule has 0 aromatic heterocycles. The molecular formula is C25H46N3O6S+. The van der Waals surface area contributed by atoms with E-state index in [0.29, 0.717) is 30.7 Å². The van der Waals surface area contributed by atoms with Gasteiger partial charge in [0.15, 0.2) is 0 Å². The predicted octanol–water partition coefficient (Wildman–Crippen LogP) is 3.51.